The summed E-state index contributed by atoms with van der Waals surface area (Å²) >= 11 is 5.27. The van der Waals surface area contributed by atoms with E-state index in [1.807, 2.05) is 6.08 Å². The van der Waals surface area contributed by atoms with E-state index in [0.29, 0.717) is 6.04 Å². The van der Waals surface area contributed by atoms with Crippen molar-refractivity contribution in [2.75, 3.05) is 6.54 Å². The van der Waals surface area contributed by atoms with E-state index in [1.54, 1.807) is 0 Å². The molecule has 0 atom stereocenters. The number of nitrogens with one attached hydrogen (secondary N) is 2. The Bertz CT molecular complexity index is 281. The van der Waals surface area contributed by atoms with Crippen LogP contribution in [0.4, 0.5) is 0 Å². The second kappa shape index (κ2) is 5.36. The summed E-state index contributed by atoms with van der Waals surface area (Å²) in [5.41, 5.74) is 0.543. The number of rotatable bonds is 3. The molecule has 1 rings (SSSR count). The Morgan fingerprint density at radius 1 is 1.35 bits per heavy atom. The second-order valence-corrected chi connectivity index (χ2v) is 6.78. The van der Waals surface area contributed by atoms with Gasteiger partial charge < -0.3 is 16.0 Å². The van der Waals surface area contributed by atoms with Gasteiger partial charge in [0, 0.05) is 25.4 Å². The van der Waals surface area contributed by atoms with Crippen LogP contribution in [-0.4, -0.2) is 28.8 Å². The summed E-state index contributed by atoms with van der Waals surface area (Å²) in [4.78, 5) is 0. The Balaban J connectivity index is 2.53. The minimum absolute atomic E-state index is 0.271. The lowest BCUT2D eigenvalue weighted by molar-refractivity contribution is -0.787. The highest BCUT2D eigenvalue weighted by Crippen LogP contribution is 2.21. The number of hydrogen-bond donors (Lipinski definition) is 3. The fraction of sp³-hybridized carbons (Fsp3) is 0.769. The molecule has 0 bridgehead atoms. The van der Waals surface area contributed by atoms with E-state index < -0.39 is 0 Å². The molecular weight excluding hydrogens is 230 g/mol. The third kappa shape index (κ3) is 5.04. The van der Waals surface area contributed by atoms with Gasteiger partial charge in [-0.25, -0.2) is 0 Å². The van der Waals surface area contributed by atoms with Crippen molar-refractivity contribution in [2.45, 2.75) is 57.7 Å². The monoisotopic (exact) mass is 256 g/mol. The minimum Gasteiger partial charge on any atom is -0.359 e. The van der Waals surface area contributed by atoms with Gasteiger partial charge in [0.05, 0.1) is 11.1 Å². The van der Waals surface area contributed by atoms with Gasteiger partial charge >= 0.3 is 0 Å². The summed E-state index contributed by atoms with van der Waals surface area (Å²) in [7, 11) is 0. The van der Waals surface area contributed by atoms with Gasteiger partial charge in [-0.1, -0.05) is 6.08 Å². The van der Waals surface area contributed by atoms with Gasteiger partial charge in [0.1, 0.15) is 0 Å². The number of hydrogen-bond acceptors (Lipinski definition) is 1. The van der Waals surface area contributed by atoms with Crippen LogP contribution in [0.5, 0.6) is 0 Å². The Morgan fingerprint density at radius 2 is 1.88 bits per heavy atom. The predicted octanol–water partition coefficient (Wildman–Crippen LogP) is 0.920. The van der Waals surface area contributed by atoms with Crippen LogP contribution in [0.3, 0.4) is 0 Å². The zero-order valence-electron chi connectivity index (χ0n) is 11.5. The molecule has 0 unspecified atom stereocenters. The standard InChI is InChI=1S/C13H25N3S/c1-6-7-14-11(17)15-10-8-12(2,3)16-13(4,5)9-10/h6,10,16H,1,7-9H2,2-5H3,(H2,14,15,17)/p+1. The molecule has 98 valence electrons. The maximum absolute atomic E-state index is 5.27. The van der Waals surface area contributed by atoms with E-state index in [1.165, 1.54) is 0 Å². The highest BCUT2D eigenvalue weighted by molar-refractivity contribution is 7.80. The zero-order valence-corrected chi connectivity index (χ0v) is 12.3. The SMILES string of the molecule is C=CCNC(=S)NC1CC(C)(C)[NH2+]C(C)(C)C1. The number of nitrogens with two attached hydrogens (primary N) is 1. The van der Waals surface area contributed by atoms with E-state index in [0.717, 1.165) is 24.5 Å². The average molecular weight is 256 g/mol. The molecule has 0 radical (unpaired) electrons. The molecule has 0 aromatic carbocycles. The Morgan fingerprint density at radius 3 is 2.35 bits per heavy atom. The van der Waals surface area contributed by atoms with E-state index in [4.69, 9.17) is 12.2 Å². The Labute approximate surface area is 110 Å². The number of quaternary nitrogens is 1. The first-order chi connectivity index (χ1) is 7.74. The highest BCUT2D eigenvalue weighted by Gasteiger charge is 2.41. The second-order valence-electron chi connectivity index (χ2n) is 6.37. The van der Waals surface area contributed by atoms with Crippen LogP contribution in [-0.2, 0) is 0 Å². The Kier molecular flexibility index (Phi) is 4.55. The average Bonchev–Trinajstić information content (AvgIpc) is 2.09. The molecule has 0 spiro atoms. The van der Waals surface area contributed by atoms with Crippen LogP contribution in [0.1, 0.15) is 40.5 Å². The van der Waals surface area contributed by atoms with Crippen molar-refractivity contribution in [3.63, 3.8) is 0 Å². The van der Waals surface area contributed by atoms with Crippen LogP contribution in [0.2, 0.25) is 0 Å². The van der Waals surface area contributed by atoms with E-state index in [9.17, 15) is 0 Å². The molecule has 17 heavy (non-hydrogen) atoms. The first-order valence-electron chi connectivity index (χ1n) is 6.26. The van der Waals surface area contributed by atoms with Crippen molar-refractivity contribution in [1.29, 1.82) is 0 Å². The van der Waals surface area contributed by atoms with Gasteiger partial charge in [-0.2, -0.15) is 0 Å². The number of piperidine rings is 1. The maximum Gasteiger partial charge on any atom is 0.166 e. The van der Waals surface area contributed by atoms with Gasteiger partial charge in [0.25, 0.3) is 0 Å². The minimum atomic E-state index is 0.271. The summed E-state index contributed by atoms with van der Waals surface area (Å²) in [6.07, 6.45) is 4.08. The third-order valence-corrected chi connectivity index (χ3v) is 3.33. The molecule has 0 aromatic heterocycles. The summed E-state index contributed by atoms with van der Waals surface area (Å²) < 4.78 is 0. The van der Waals surface area contributed by atoms with Crippen LogP contribution in [0.15, 0.2) is 12.7 Å². The van der Waals surface area contributed by atoms with Gasteiger partial charge in [0.2, 0.25) is 0 Å². The lowest BCUT2D eigenvalue weighted by Gasteiger charge is -2.43. The van der Waals surface area contributed by atoms with Crippen molar-refractivity contribution < 1.29 is 5.32 Å². The highest BCUT2D eigenvalue weighted by atomic mass is 32.1. The molecule has 0 saturated carbocycles. The number of thiocarbonyl (C=S) groups is 1. The molecule has 3 nitrogen and oxygen atoms in total. The van der Waals surface area contributed by atoms with Crippen LogP contribution < -0.4 is 16.0 Å². The molecule has 1 saturated heterocycles. The molecule has 0 amide bonds. The van der Waals surface area contributed by atoms with Crippen LogP contribution in [0.25, 0.3) is 0 Å². The summed E-state index contributed by atoms with van der Waals surface area (Å²) in [5.74, 6) is 0. The molecule has 1 aliphatic rings. The van der Waals surface area contributed by atoms with E-state index >= 15 is 0 Å². The van der Waals surface area contributed by atoms with Crippen LogP contribution >= 0.6 is 12.2 Å². The fourth-order valence-corrected chi connectivity index (χ4v) is 3.27. The normalized spacial score (nSPS) is 22.8. The van der Waals surface area contributed by atoms with E-state index in [-0.39, 0.29) is 11.1 Å². The summed E-state index contributed by atoms with van der Waals surface area (Å²) in [6, 6.07) is 0.454. The lowest BCUT2D eigenvalue weighted by Crippen LogP contribution is -3.06. The first kappa shape index (κ1) is 14.5. The maximum atomic E-state index is 5.27. The molecule has 0 aliphatic carbocycles. The molecule has 4 heteroatoms. The molecule has 1 fully saturated rings. The summed E-state index contributed by atoms with van der Waals surface area (Å²) in [6.45, 7) is 13.6. The van der Waals surface area contributed by atoms with Gasteiger partial charge in [-0.3, -0.25) is 0 Å². The lowest BCUT2D eigenvalue weighted by atomic mass is 9.80. The Hall–Kier alpha value is -0.610. The van der Waals surface area contributed by atoms with Crippen LogP contribution in [0, 0.1) is 0 Å². The van der Waals surface area contributed by atoms with Gasteiger partial charge in [-0.15, -0.1) is 6.58 Å². The van der Waals surface area contributed by atoms with Gasteiger partial charge in [0.15, 0.2) is 5.11 Å². The first-order valence-corrected chi connectivity index (χ1v) is 6.67. The van der Waals surface area contributed by atoms with Crippen molar-refractivity contribution >= 4 is 17.3 Å². The molecule has 4 N–H and O–H groups in total. The quantitative estimate of drug-likeness (QED) is 0.519. The predicted molar refractivity (Wildman–Crippen MR) is 77.0 cm³/mol. The molecule has 0 aromatic rings. The topological polar surface area (TPSA) is 40.7 Å². The van der Waals surface area contributed by atoms with Crippen molar-refractivity contribution in [3.8, 4) is 0 Å². The zero-order chi connectivity index (χ0) is 13.1. The molecule has 1 heterocycles. The largest absolute Gasteiger partial charge is 0.359 e. The van der Waals surface area contributed by atoms with Crippen molar-refractivity contribution in [1.82, 2.24) is 10.6 Å². The smallest absolute Gasteiger partial charge is 0.166 e. The van der Waals surface area contributed by atoms with E-state index in [2.05, 4.69) is 50.2 Å². The third-order valence-electron chi connectivity index (χ3n) is 3.07. The fourth-order valence-electron chi connectivity index (χ4n) is 3.02. The van der Waals surface area contributed by atoms with Crippen molar-refractivity contribution in [2.24, 2.45) is 0 Å². The molecular formula is C13H26N3S+. The van der Waals surface area contributed by atoms with Gasteiger partial charge in [-0.05, 0) is 39.9 Å². The van der Waals surface area contributed by atoms with Crippen molar-refractivity contribution in [3.05, 3.63) is 12.7 Å². The summed E-state index contributed by atoms with van der Waals surface area (Å²) in [5, 5.41) is 9.75. The molecule has 1 aliphatic heterocycles.